The van der Waals surface area contributed by atoms with E-state index in [9.17, 15) is 27.5 Å². The average molecular weight is 641 g/mol. The van der Waals surface area contributed by atoms with Crippen LogP contribution in [0.4, 0.5) is 16.0 Å². The highest BCUT2D eigenvalue weighted by Gasteiger charge is 2.39. The molecule has 1 atom stereocenters. The maximum atomic E-state index is 13.9. The van der Waals surface area contributed by atoms with E-state index in [4.69, 9.17) is 16.6 Å². The number of halogens is 2. The summed E-state index contributed by atoms with van der Waals surface area (Å²) in [6.07, 6.45) is -0.626. The zero-order valence-electron chi connectivity index (χ0n) is 24.1. The van der Waals surface area contributed by atoms with Gasteiger partial charge in [0.05, 0.1) is 34.0 Å². The first-order valence-electron chi connectivity index (χ1n) is 14.0. The smallest absolute Gasteiger partial charge is 0.285 e. The first kappa shape index (κ1) is 30.0. The van der Waals surface area contributed by atoms with E-state index in [0.29, 0.717) is 35.5 Å². The molecule has 3 N–H and O–H groups in total. The highest BCUT2D eigenvalue weighted by atomic mass is 35.5. The molecule has 14 heteroatoms. The van der Waals surface area contributed by atoms with Crippen molar-refractivity contribution in [3.63, 3.8) is 0 Å². The lowest BCUT2D eigenvalue weighted by Gasteiger charge is -2.30. The van der Waals surface area contributed by atoms with Gasteiger partial charge in [-0.05, 0) is 73.7 Å². The molecule has 11 nitrogen and oxygen atoms in total. The minimum Gasteiger partial charge on any atom is -0.393 e. The predicted octanol–water partition coefficient (Wildman–Crippen LogP) is 3.71. The van der Waals surface area contributed by atoms with Gasteiger partial charge in [-0.15, -0.1) is 0 Å². The summed E-state index contributed by atoms with van der Waals surface area (Å²) in [4.78, 5) is 37.7. The molecule has 0 saturated heterocycles. The molecule has 44 heavy (non-hydrogen) atoms. The SMILES string of the molecule is Cc1cc([C@@H](C)Nc2ccc(Cl)nc2C(=O)NS(=O)(=O)C2CC(O)C2)c2nc(N3Cc4ccc(F)cc4C3)n(C)c(=O)c2c1. The third-order valence-electron chi connectivity index (χ3n) is 8.16. The van der Waals surface area contributed by atoms with Crippen LogP contribution in [0, 0.1) is 12.7 Å². The van der Waals surface area contributed by atoms with Crippen LogP contribution in [0.3, 0.4) is 0 Å². The van der Waals surface area contributed by atoms with E-state index < -0.39 is 33.3 Å². The van der Waals surface area contributed by atoms with Crippen molar-refractivity contribution in [1.29, 1.82) is 0 Å². The molecule has 2 aromatic heterocycles. The molecule has 1 aliphatic heterocycles. The molecule has 1 amide bonds. The number of aromatic nitrogens is 3. The summed E-state index contributed by atoms with van der Waals surface area (Å²) < 4.78 is 42.8. The van der Waals surface area contributed by atoms with Crippen LogP contribution in [-0.2, 0) is 30.2 Å². The molecule has 1 saturated carbocycles. The van der Waals surface area contributed by atoms with Crippen molar-refractivity contribution in [2.45, 2.75) is 57.2 Å². The number of aryl methyl sites for hydroxylation is 1. The molecule has 2 aromatic carbocycles. The Bertz CT molecular complexity index is 2000. The normalized spacial score (nSPS) is 18.5. The van der Waals surface area contributed by atoms with E-state index in [0.717, 1.165) is 16.7 Å². The van der Waals surface area contributed by atoms with Crippen molar-refractivity contribution < 1.29 is 22.7 Å². The minimum atomic E-state index is -4.04. The van der Waals surface area contributed by atoms with Crippen molar-refractivity contribution in [3.05, 3.63) is 91.7 Å². The molecule has 4 aromatic rings. The third kappa shape index (κ3) is 5.51. The van der Waals surface area contributed by atoms with Gasteiger partial charge in [0.15, 0.2) is 5.69 Å². The number of hydrogen-bond acceptors (Lipinski definition) is 9. The van der Waals surface area contributed by atoms with Crippen LogP contribution in [0.25, 0.3) is 10.9 Å². The standard InChI is InChI=1S/C30H30ClFN6O5S/c1-15-8-22(16(2)33-24-6-7-25(31)34-27(24)28(40)36-44(42,43)21-11-20(39)12-21)26-23(9-15)29(41)37(3)30(35-26)38-13-17-4-5-19(32)10-18(17)14-38/h4-10,16,20-21,33,39H,11-14H2,1-3H3,(H,36,40)/t16-,20?,21?/m1/s1. The summed E-state index contributed by atoms with van der Waals surface area (Å²) in [5.41, 5.74) is 3.47. The molecule has 1 aliphatic carbocycles. The van der Waals surface area contributed by atoms with Crippen LogP contribution >= 0.6 is 11.6 Å². The number of nitrogens with one attached hydrogen (secondary N) is 2. The van der Waals surface area contributed by atoms with Gasteiger partial charge in [0.2, 0.25) is 16.0 Å². The predicted molar refractivity (Wildman–Crippen MR) is 165 cm³/mol. The van der Waals surface area contributed by atoms with Gasteiger partial charge < -0.3 is 15.3 Å². The summed E-state index contributed by atoms with van der Waals surface area (Å²) in [6, 6.07) is 10.8. The lowest BCUT2D eigenvalue weighted by molar-refractivity contribution is 0.0932. The summed E-state index contributed by atoms with van der Waals surface area (Å²) in [6.45, 7) is 4.55. The van der Waals surface area contributed by atoms with Crippen LogP contribution in [-0.4, -0.2) is 45.3 Å². The highest BCUT2D eigenvalue weighted by molar-refractivity contribution is 7.90. The number of aliphatic hydroxyl groups excluding tert-OH is 1. The van der Waals surface area contributed by atoms with Gasteiger partial charge in [0.25, 0.3) is 11.5 Å². The Hall–Kier alpha value is -4.07. The Balaban J connectivity index is 1.34. The number of carbonyl (C=O) groups is 1. The van der Waals surface area contributed by atoms with Gasteiger partial charge in [0, 0.05) is 25.7 Å². The number of anilines is 2. The second kappa shape index (κ2) is 11.1. The van der Waals surface area contributed by atoms with Gasteiger partial charge in [-0.2, -0.15) is 0 Å². The van der Waals surface area contributed by atoms with Crippen LogP contribution in [0.1, 0.15) is 58.5 Å². The molecule has 0 radical (unpaired) electrons. The Morgan fingerprint density at radius 2 is 1.84 bits per heavy atom. The van der Waals surface area contributed by atoms with Crippen molar-refractivity contribution in [3.8, 4) is 0 Å². The molecular weight excluding hydrogens is 611 g/mol. The second-order valence-corrected chi connectivity index (χ2v) is 13.8. The summed E-state index contributed by atoms with van der Waals surface area (Å²) in [7, 11) is -2.38. The zero-order valence-corrected chi connectivity index (χ0v) is 25.7. The van der Waals surface area contributed by atoms with E-state index >= 15 is 0 Å². The van der Waals surface area contributed by atoms with Crippen molar-refractivity contribution in [2.75, 3.05) is 10.2 Å². The molecule has 0 unspecified atom stereocenters. The number of fused-ring (bicyclic) bond motifs is 2. The number of carbonyl (C=O) groups excluding carboxylic acids is 1. The van der Waals surface area contributed by atoms with Crippen molar-refractivity contribution >= 4 is 50.1 Å². The Morgan fingerprint density at radius 1 is 1.11 bits per heavy atom. The molecule has 6 rings (SSSR count). The summed E-state index contributed by atoms with van der Waals surface area (Å²) in [5, 5.41) is 12.3. The van der Waals surface area contributed by atoms with Crippen LogP contribution in [0.2, 0.25) is 5.15 Å². The van der Waals surface area contributed by atoms with Crippen molar-refractivity contribution in [2.24, 2.45) is 7.05 Å². The number of amides is 1. The zero-order chi connectivity index (χ0) is 31.5. The fourth-order valence-electron chi connectivity index (χ4n) is 5.75. The fraction of sp³-hybridized carbons (Fsp3) is 0.333. The monoisotopic (exact) mass is 640 g/mol. The van der Waals surface area contributed by atoms with Gasteiger partial charge in [-0.1, -0.05) is 23.7 Å². The molecule has 3 heterocycles. The van der Waals surface area contributed by atoms with Gasteiger partial charge >= 0.3 is 0 Å². The molecule has 0 spiro atoms. The molecule has 230 valence electrons. The number of aliphatic hydroxyl groups is 1. The molecule has 1 fully saturated rings. The fourth-order valence-corrected chi connectivity index (χ4v) is 7.37. The van der Waals surface area contributed by atoms with Crippen molar-refractivity contribution in [1.82, 2.24) is 19.3 Å². The first-order valence-corrected chi connectivity index (χ1v) is 15.9. The van der Waals surface area contributed by atoms with Gasteiger partial charge in [-0.3, -0.25) is 14.2 Å². The van der Waals surface area contributed by atoms with E-state index in [1.54, 1.807) is 19.2 Å². The Kier molecular flexibility index (Phi) is 7.58. The van der Waals surface area contributed by atoms with Crippen LogP contribution in [0.15, 0.2) is 47.3 Å². The van der Waals surface area contributed by atoms with Crippen LogP contribution in [0.5, 0.6) is 0 Å². The molecule has 0 bridgehead atoms. The lowest BCUT2D eigenvalue weighted by atomic mass is 9.96. The number of benzene rings is 2. The lowest BCUT2D eigenvalue weighted by Crippen LogP contribution is -2.47. The number of pyridine rings is 1. The van der Waals surface area contributed by atoms with Crippen LogP contribution < -0.4 is 20.5 Å². The summed E-state index contributed by atoms with van der Waals surface area (Å²) >= 11 is 6.08. The quantitative estimate of drug-likeness (QED) is 0.257. The third-order valence-corrected chi connectivity index (χ3v) is 10.1. The number of rotatable bonds is 7. The topological polar surface area (TPSA) is 147 Å². The van der Waals surface area contributed by atoms with Gasteiger partial charge in [0.1, 0.15) is 11.0 Å². The summed E-state index contributed by atoms with van der Waals surface area (Å²) in [5.74, 6) is -0.860. The second-order valence-electron chi connectivity index (χ2n) is 11.4. The number of sulfonamides is 1. The van der Waals surface area contributed by atoms with E-state index in [-0.39, 0.29) is 40.8 Å². The van der Waals surface area contributed by atoms with E-state index in [1.807, 2.05) is 24.8 Å². The van der Waals surface area contributed by atoms with Gasteiger partial charge in [-0.25, -0.2) is 27.5 Å². The molecular formula is C30H30ClFN6O5S. The Morgan fingerprint density at radius 3 is 2.57 bits per heavy atom. The maximum Gasteiger partial charge on any atom is 0.285 e. The number of nitrogens with zero attached hydrogens (tertiary/aromatic N) is 4. The number of hydrogen-bond donors (Lipinski definition) is 3. The Labute approximate surface area is 257 Å². The van der Waals surface area contributed by atoms with E-state index in [2.05, 4.69) is 15.0 Å². The first-order chi connectivity index (χ1) is 20.8. The largest absolute Gasteiger partial charge is 0.393 e. The molecule has 2 aliphatic rings. The van der Waals surface area contributed by atoms with E-state index in [1.165, 1.54) is 28.8 Å². The highest BCUT2D eigenvalue weighted by Crippen LogP contribution is 2.32. The maximum absolute atomic E-state index is 13.9. The minimum absolute atomic E-state index is 0.00730. The average Bonchev–Trinajstić information content (AvgIpc) is 3.36.